The van der Waals surface area contributed by atoms with Crippen LogP contribution in [-0.4, -0.2) is 16.2 Å². The summed E-state index contributed by atoms with van der Waals surface area (Å²) >= 11 is 0. The van der Waals surface area contributed by atoms with E-state index in [1.54, 1.807) is 9.13 Å². The SMILES string of the molecule is CNC(Cn1ccn(C(C)C)c1=O)c1ccccc1C. The molecule has 0 radical (unpaired) electrons. The first-order valence-electron chi connectivity index (χ1n) is 7.04. The van der Waals surface area contributed by atoms with Crippen molar-refractivity contribution in [2.24, 2.45) is 0 Å². The fraction of sp³-hybridized carbons (Fsp3) is 0.438. The highest BCUT2D eigenvalue weighted by molar-refractivity contribution is 5.28. The van der Waals surface area contributed by atoms with Crippen LogP contribution in [0.25, 0.3) is 0 Å². The van der Waals surface area contributed by atoms with Crippen molar-refractivity contribution in [2.45, 2.75) is 39.4 Å². The van der Waals surface area contributed by atoms with E-state index in [2.05, 4.69) is 24.4 Å². The third-order valence-electron chi connectivity index (χ3n) is 3.72. The second kappa shape index (κ2) is 6.09. The van der Waals surface area contributed by atoms with Gasteiger partial charge in [-0.05, 0) is 38.9 Å². The molecule has 0 fully saturated rings. The summed E-state index contributed by atoms with van der Waals surface area (Å²) in [5.41, 5.74) is 2.52. The molecule has 20 heavy (non-hydrogen) atoms. The zero-order valence-electron chi connectivity index (χ0n) is 12.6. The average Bonchev–Trinajstić information content (AvgIpc) is 2.78. The molecule has 108 valence electrons. The molecule has 0 spiro atoms. The van der Waals surface area contributed by atoms with Crippen LogP contribution in [0.3, 0.4) is 0 Å². The van der Waals surface area contributed by atoms with Crippen molar-refractivity contribution in [3.63, 3.8) is 0 Å². The van der Waals surface area contributed by atoms with E-state index in [9.17, 15) is 4.79 Å². The Balaban J connectivity index is 2.28. The molecule has 0 aliphatic rings. The standard InChI is InChI=1S/C16H23N3O/c1-12(2)19-10-9-18(16(19)20)11-15(17-4)14-8-6-5-7-13(14)3/h5-10,12,15,17H,11H2,1-4H3. The first-order chi connectivity index (χ1) is 9.54. The molecule has 1 unspecified atom stereocenters. The van der Waals surface area contributed by atoms with Crippen molar-refractivity contribution in [1.29, 1.82) is 0 Å². The summed E-state index contributed by atoms with van der Waals surface area (Å²) < 4.78 is 3.53. The fourth-order valence-electron chi connectivity index (χ4n) is 2.48. The van der Waals surface area contributed by atoms with Crippen LogP contribution < -0.4 is 11.0 Å². The number of hydrogen-bond donors (Lipinski definition) is 1. The summed E-state index contributed by atoms with van der Waals surface area (Å²) in [5.74, 6) is 0. The summed E-state index contributed by atoms with van der Waals surface area (Å²) in [6.07, 6.45) is 3.72. The molecule has 1 atom stereocenters. The molecule has 1 aromatic carbocycles. The highest BCUT2D eigenvalue weighted by Gasteiger charge is 2.14. The number of imidazole rings is 1. The number of nitrogens with zero attached hydrogens (tertiary/aromatic N) is 2. The van der Waals surface area contributed by atoms with E-state index >= 15 is 0 Å². The molecule has 0 amide bonds. The molecule has 1 N–H and O–H groups in total. The number of aromatic nitrogens is 2. The Hall–Kier alpha value is -1.81. The topological polar surface area (TPSA) is 39.0 Å². The zero-order chi connectivity index (χ0) is 14.7. The summed E-state index contributed by atoms with van der Waals surface area (Å²) in [6.45, 7) is 6.77. The quantitative estimate of drug-likeness (QED) is 0.909. The Kier molecular flexibility index (Phi) is 4.45. The number of hydrogen-bond acceptors (Lipinski definition) is 2. The number of nitrogens with one attached hydrogen (secondary N) is 1. The molecule has 0 saturated heterocycles. The third-order valence-corrected chi connectivity index (χ3v) is 3.72. The van der Waals surface area contributed by atoms with Crippen LogP contribution in [-0.2, 0) is 6.54 Å². The summed E-state index contributed by atoms with van der Waals surface area (Å²) in [4.78, 5) is 12.3. The highest BCUT2D eigenvalue weighted by atomic mass is 16.1. The molecule has 1 heterocycles. The van der Waals surface area contributed by atoms with Gasteiger partial charge in [-0.2, -0.15) is 0 Å². The Bertz CT molecular complexity index is 625. The first-order valence-corrected chi connectivity index (χ1v) is 7.04. The molecule has 0 aliphatic heterocycles. The smallest absolute Gasteiger partial charge is 0.312 e. The van der Waals surface area contributed by atoms with Crippen molar-refractivity contribution in [2.75, 3.05) is 7.05 Å². The summed E-state index contributed by atoms with van der Waals surface area (Å²) in [5, 5.41) is 3.30. The lowest BCUT2D eigenvalue weighted by Crippen LogP contribution is -2.30. The minimum absolute atomic E-state index is 0.0498. The van der Waals surface area contributed by atoms with Gasteiger partial charge in [0.15, 0.2) is 0 Å². The molecule has 2 rings (SSSR count). The van der Waals surface area contributed by atoms with Gasteiger partial charge in [-0.3, -0.25) is 9.13 Å². The zero-order valence-corrected chi connectivity index (χ0v) is 12.6. The van der Waals surface area contributed by atoms with Gasteiger partial charge in [-0.25, -0.2) is 4.79 Å². The summed E-state index contributed by atoms with van der Waals surface area (Å²) in [6, 6.07) is 8.61. The molecule has 0 aliphatic carbocycles. The van der Waals surface area contributed by atoms with Crippen molar-refractivity contribution >= 4 is 0 Å². The molecule has 1 aromatic heterocycles. The van der Waals surface area contributed by atoms with Crippen LogP contribution in [0.4, 0.5) is 0 Å². The van der Waals surface area contributed by atoms with Crippen molar-refractivity contribution in [3.8, 4) is 0 Å². The molecular weight excluding hydrogens is 250 g/mol. The third kappa shape index (κ3) is 2.85. The monoisotopic (exact) mass is 273 g/mol. The lowest BCUT2D eigenvalue weighted by atomic mass is 10.0. The number of likely N-dealkylation sites (N-methyl/N-ethyl adjacent to an activating group) is 1. The van der Waals surface area contributed by atoms with Crippen LogP contribution >= 0.6 is 0 Å². The van der Waals surface area contributed by atoms with Crippen molar-refractivity contribution in [3.05, 3.63) is 58.3 Å². The second-order valence-electron chi connectivity index (χ2n) is 5.43. The van der Waals surface area contributed by atoms with E-state index in [0.717, 1.165) is 0 Å². The van der Waals surface area contributed by atoms with E-state index < -0.39 is 0 Å². The normalized spacial score (nSPS) is 12.8. The molecule has 2 aromatic rings. The van der Waals surface area contributed by atoms with Crippen molar-refractivity contribution < 1.29 is 0 Å². The molecular formula is C16H23N3O. The van der Waals surface area contributed by atoms with E-state index in [4.69, 9.17) is 0 Å². The largest absolute Gasteiger partial charge is 0.328 e. The van der Waals surface area contributed by atoms with E-state index in [-0.39, 0.29) is 17.8 Å². The van der Waals surface area contributed by atoms with Crippen LogP contribution in [0.15, 0.2) is 41.5 Å². The van der Waals surface area contributed by atoms with Crippen LogP contribution in [0.2, 0.25) is 0 Å². The molecule has 4 heteroatoms. The van der Waals surface area contributed by atoms with Gasteiger partial charge >= 0.3 is 5.69 Å². The minimum atomic E-state index is 0.0498. The van der Waals surface area contributed by atoms with Crippen LogP contribution in [0, 0.1) is 6.92 Å². The first kappa shape index (κ1) is 14.6. The number of rotatable bonds is 5. The lowest BCUT2D eigenvalue weighted by molar-refractivity contribution is 0.474. The number of aryl methyl sites for hydroxylation is 1. The molecule has 0 saturated carbocycles. The molecule has 4 nitrogen and oxygen atoms in total. The van der Waals surface area contributed by atoms with Gasteiger partial charge < -0.3 is 5.32 Å². The van der Waals surface area contributed by atoms with Crippen molar-refractivity contribution in [1.82, 2.24) is 14.5 Å². The Morgan fingerprint density at radius 2 is 1.90 bits per heavy atom. The van der Waals surface area contributed by atoms with E-state index in [0.29, 0.717) is 6.54 Å². The fourth-order valence-corrected chi connectivity index (χ4v) is 2.48. The predicted molar refractivity (Wildman–Crippen MR) is 82.1 cm³/mol. The highest BCUT2D eigenvalue weighted by Crippen LogP contribution is 2.18. The predicted octanol–water partition coefficient (Wildman–Crippen LogP) is 2.50. The van der Waals surface area contributed by atoms with Gasteiger partial charge in [0, 0.05) is 25.0 Å². The average molecular weight is 273 g/mol. The maximum absolute atomic E-state index is 12.3. The Morgan fingerprint density at radius 3 is 2.45 bits per heavy atom. The van der Waals surface area contributed by atoms with Gasteiger partial charge in [0.05, 0.1) is 6.04 Å². The van der Waals surface area contributed by atoms with Gasteiger partial charge in [-0.15, -0.1) is 0 Å². The lowest BCUT2D eigenvalue weighted by Gasteiger charge is -2.19. The molecule has 0 bridgehead atoms. The number of benzene rings is 1. The van der Waals surface area contributed by atoms with Gasteiger partial charge in [0.2, 0.25) is 0 Å². The maximum atomic E-state index is 12.3. The van der Waals surface area contributed by atoms with Crippen LogP contribution in [0.5, 0.6) is 0 Å². The van der Waals surface area contributed by atoms with Gasteiger partial charge in [0.1, 0.15) is 0 Å². The van der Waals surface area contributed by atoms with E-state index in [1.807, 2.05) is 45.4 Å². The second-order valence-corrected chi connectivity index (χ2v) is 5.43. The van der Waals surface area contributed by atoms with Crippen LogP contribution in [0.1, 0.15) is 37.1 Å². The minimum Gasteiger partial charge on any atom is -0.312 e. The van der Waals surface area contributed by atoms with Gasteiger partial charge in [-0.1, -0.05) is 24.3 Å². The maximum Gasteiger partial charge on any atom is 0.328 e. The summed E-state index contributed by atoms with van der Waals surface area (Å²) in [7, 11) is 1.93. The van der Waals surface area contributed by atoms with E-state index in [1.165, 1.54) is 11.1 Å². The van der Waals surface area contributed by atoms with Gasteiger partial charge in [0.25, 0.3) is 0 Å². The Labute approximate surface area is 120 Å². The Morgan fingerprint density at radius 1 is 1.20 bits per heavy atom.